The highest BCUT2D eigenvalue weighted by Gasteiger charge is 2.29. The van der Waals surface area contributed by atoms with Gasteiger partial charge in [-0.25, -0.2) is 0 Å². The molecule has 0 saturated carbocycles. The maximum Gasteiger partial charge on any atom is 0.204 e. The minimum Gasteiger partial charge on any atom is -0.471 e. The smallest absolute Gasteiger partial charge is 0.204 e. The average Bonchev–Trinajstić information content (AvgIpc) is 2.58. The Kier molecular flexibility index (Phi) is 7.69. The van der Waals surface area contributed by atoms with Gasteiger partial charge in [0, 0.05) is 13.8 Å². The van der Waals surface area contributed by atoms with Crippen LogP contribution in [0, 0.1) is 0 Å². The van der Waals surface area contributed by atoms with Crippen molar-refractivity contribution in [2.45, 2.75) is 65.5 Å². The molecule has 4 nitrogen and oxygen atoms in total. The summed E-state index contributed by atoms with van der Waals surface area (Å²) in [5.74, 6) is -0.639. The molecule has 0 bridgehead atoms. The second-order valence-electron chi connectivity index (χ2n) is 8.88. The van der Waals surface area contributed by atoms with E-state index in [1.54, 1.807) is 6.26 Å². The first-order valence-electron chi connectivity index (χ1n) is 9.96. The van der Waals surface area contributed by atoms with Crippen LogP contribution in [-0.4, -0.2) is 19.9 Å². The first-order valence-corrected chi connectivity index (χ1v) is 13.4. The number of hydrogen-bond acceptors (Lipinski definition) is 4. The lowest BCUT2D eigenvalue weighted by Crippen LogP contribution is -2.42. The summed E-state index contributed by atoms with van der Waals surface area (Å²) in [7, 11) is -1.71. The summed E-state index contributed by atoms with van der Waals surface area (Å²) in [6.45, 7) is 14.6. The molecule has 0 aliphatic rings. The van der Waals surface area contributed by atoms with Crippen molar-refractivity contribution in [2.75, 3.05) is 0 Å². The number of ether oxygens (including phenoxy) is 3. The molecule has 0 atom stereocenters. The largest absolute Gasteiger partial charge is 0.471 e. The van der Waals surface area contributed by atoms with Crippen LogP contribution in [0.4, 0.5) is 0 Å². The standard InChI is InChI=1S/C24H34O4Si/c1-23(2,26-19-21-12-9-8-10-13-21)25-17-16-20-14-11-15-22(18-20)27-24(3,4)28-29(5,6)7/h8-18H,19H2,1-7H3. The van der Waals surface area contributed by atoms with Crippen molar-refractivity contribution in [1.29, 1.82) is 0 Å². The summed E-state index contributed by atoms with van der Waals surface area (Å²) < 4.78 is 23.9. The molecule has 5 heteroatoms. The lowest BCUT2D eigenvalue weighted by molar-refractivity contribution is -0.188. The van der Waals surface area contributed by atoms with Crippen molar-refractivity contribution >= 4 is 14.4 Å². The van der Waals surface area contributed by atoms with Gasteiger partial charge in [0.15, 0.2) is 14.1 Å². The molecule has 2 aromatic carbocycles. The molecule has 0 N–H and O–H groups in total. The normalized spacial score (nSPS) is 12.9. The second-order valence-corrected chi connectivity index (χ2v) is 13.3. The Morgan fingerprint density at radius 1 is 0.862 bits per heavy atom. The van der Waals surface area contributed by atoms with Crippen LogP contribution in [-0.2, 0) is 20.5 Å². The molecule has 0 spiro atoms. The predicted octanol–water partition coefficient (Wildman–Crippen LogP) is 6.59. The SMILES string of the molecule is CC(C)(OC=Cc1cccc(OC(C)(C)O[Si](C)(C)C)c1)OCc1ccccc1. The zero-order chi connectivity index (χ0) is 21.5. The molecule has 2 rings (SSSR count). The third-order valence-electron chi connectivity index (χ3n) is 3.82. The third-order valence-corrected chi connectivity index (χ3v) is 4.92. The van der Waals surface area contributed by atoms with Crippen molar-refractivity contribution in [3.63, 3.8) is 0 Å². The van der Waals surface area contributed by atoms with E-state index in [0.717, 1.165) is 16.9 Å². The molecule has 0 unspecified atom stereocenters. The second kappa shape index (κ2) is 9.61. The fraction of sp³-hybridized carbons (Fsp3) is 0.417. The Bertz CT molecular complexity index is 792. The van der Waals surface area contributed by atoms with E-state index in [2.05, 4.69) is 19.6 Å². The van der Waals surface area contributed by atoms with E-state index in [-0.39, 0.29) is 0 Å². The molecule has 0 saturated heterocycles. The number of hydrogen-bond donors (Lipinski definition) is 0. The Morgan fingerprint density at radius 2 is 1.55 bits per heavy atom. The Labute approximate surface area is 176 Å². The Balaban J connectivity index is 1.92. The first-order chi connectivity index (χ1) is 13.4. The van der Waals surface area contributed by atoms with Gasteiger partial charge < -0.3 is 18.6 Å². The molecule has 158 valence electrons. The zero-order valence-electron chi connectivity index (χ0n) is 18.7. The van der Waals surface area contributed by atoms with E-state index in [1.807, 2.05) is 88.4 Å². The minimum absolute atomic E-state index is 0.497. The topological polar surface area (TPSA) is 36.9 Å². The van der Waals surface area contributed by atoms with Crippen molar-refractivity contribution in [3.8, 4) is 5.75 Å². The molecule has 0 radical (unpaired) electrons. The van der Waals surface area contributed by atoms with Gasteiger partial charge in [-0.1, -0.05) is 42.5 Å². The Hall–Kier alpha value is -2.08. The minimum atomic E-state index is -1.71. The van der Waals surface area contributed by atoms with Gasteiger partial charge in [0.1, 0.15) is 5.75 Å². The quantitative estimate of drug-likeness (QED) is 0.249. The van der Waals surface area contributed by atoms with Gasteiger partial charge in [0.25, 0.3) is 0 Å². The van der Waals surface area contributed by atoms with Crippen molar-refractivity contribution in [1.82, 2.24) is 0 Å². The van der Waals surface area contributed by atoms with Crippen molar-refractivity contribution in [2.24, 2.45) is 0 Å². The molecule has 0 fully saturated rings. The molecule has 0 aliphatic heterocycles. The summed E-state index contributed by atoms with van der Waals surface area (Å²) in [5.41, 5.74) is 2.09. The lowest BCUT2D eigenvalue weighted by atomic mass is 10.2. The van der Waals surface area contributed by atoms with Crippen LogP contribution < -0.4 is 4.74 Å². The van der Waals surface area contributed by atoms with Gasteiger partial charge in [-0.2, -0.15) is 0 Å². The summed E-state index contributed by atoms with van der Waals surface area (Å²) in [5, 5.41) is 0. The van der Waals surface area contributed by atoms with Crippen LogP contribution in [0.3, 0.4) is 0 Å². The fourth-order valence-corrected chi connectivity index (χ4v) is 4.38. The van der Waals surface area contributed by atoms with E-state index in [0.29, 0.717) is 6.61 Å². The summed E-state index contributed by atoms with van der Waals surface area (Å²) in [6, 6.07) is 17.9. The maximum atomic E-state index is 6.12. The van der Waals surface area contributed by atoms with E-state index in [1.165, 1.54) is 0 Å². The highest BCUT2D eigenvalue weighted by atomic mass is 28.4. The predicted molar refractivity (Wildman–Crippen MR) is 121 cm³/mol. The van der Waals surface area contributed by atoms with Gasteiger partial charge >= 0.3 is 0 Å². The molecule has 0 aliphatic carbocycles. The summed E-state index contributed by atoms with van der Waals surface area (Å²) in [6.07, 6.45) is 3.56. The van der Waals surface area contributed by atoms with Crippen LogP contribution in [0.15, 0.2) is 60.9 Å². The van der Waals surface area contributed by atoms with E-state index < -0.39 is 19.9 Å². The third kappa shape index (κ3) is 9.30. The fourth-order valence-electron chi connectivity index (χ4n) is 2.87. The van der Waals surface area contributed by atoms with Gasteiger partial charge in [-0.05, 0) is 62.8 Å². The molecule has 0 aromatic heterocycles. The van der Waals surface area contributed by atoms with Crippen molar-refractivity contribution < 1.29 is 18.6 Å². The highest BCUT2D eigenvalue weighted by molar-refractivity contribution is 6.69. The van der Waals surface area contributed by atoms with Crippen LogP contribution >= 0.6 is 0 Å². The summed E-state index contributed by atoms with van der Waals surface area (Å²) in [4.78, 5) is 0. The molecule has 0 heterocycles. The van der Waals surface area contributed by atoms with Crippen LogP contribution in [0.2, 0.25) is 19.6 Å². The van der Waals surface area contributed by atoms with E-state index in [4.69, 9.17) is 18.6 Å². The van der Waals surface area contributed by atoms with Crippen LogP contribution in [0.25, 0.3) is 6.08 Å². The van der Waals surface area contributed by atoms with Crippen molar-refractivity contribution in [3.05, 3.63) is 72.0 Å². The molecule has 29 heavy (non-hydrogen) atoms. The van der Waals surface area contributed by atoms with Gasteiger partial charge in [-0.15, -0.1) is 0 Å². The molecule has 0 amide bonds. The Morgan fingerprint density at radius 3 is 2.21 bits per heavy atom. The monoisotopic (exact) mass is 414 g/mol. The average molecular weight is 415 g/mol. The summed E-state index contributed by atoms with van der Waals surface area (Å²) >= 11 is 0. The highest BCUT2D eigenvalue weighted by Crippen LogP contribution is 2.24. The molecule has 2 aromatic rings. The van der Waals surface area contributed by atoms with Crippen LogP contribution in [0.1, 0.15) is 38.8 Å². The lowest BCUT2D eigenvalue weighted by Gasteiger charge is -2.33. The molecular weight excluding hydrogens is 380 g/mol. The molecular formula is C24H34O4Si. The maximum absolute atomic E-state index is 6.12. The van der Waals surface area contributed by atoms with E-state index >= 15 is 0 Å². The van der Waals surface area contributed by atoms with Gasteiger partial charge in [0.2, 0.25) is 5.79 Å². The van der Waals surface area contributed by atoms with E-state index in [9.17, 15) is 0 Å². The van der Waals surface area contributed by atoms with Gasteiger partial charge in [0.05, 0.1) is 12.9 Å². The zero-order valence-corrected chi connectivity index (χ0v) is 19.7. The number of benzene rings is 2. The van der Waals surface area contributed by atoms with Gasteiger partial charge in [-0.3, -0.25) is 0 Å². The van der Waals surface area contributed by atoms with Crippen LogP contribution in [0.5, 0.6) is 5.75 Å². The first kappa shape index (κ1) is 23.2. The number of rotatable bonds is 10.